The smallest absolute Gasteiger partial charge is 0.258 e. The van der Waals surface area contributed by atoms with Crippen molar-refractivity contribution in [3.8, 4) is 11.4 Å². The maximum atomic E-state index is 12.2. The molecule has 3 aromatic rings. The molecule has 0 unspecified atom stereocenters. The summed E-state index contributed by atoms with van der Waals surface area (Å²) in [6.07, 6.45) is 1.69. The Morgan fingerprint density at radius 2 is 2.00 bits per heavy atom. The molecular weight excluding hydrogens is 298 g/mol. The van der Waals surface area contributed by atoms with Crippen LogP contribution >= 0.6 is 12.2 Å². The van der Waals surface area contributed by atoms with Crippen molar-refractivity contribution in [2.24, 2.45) is 0 Å². The van der Waals surface area contributed by atoms with E-state index >= 15 is 0 Å². The summed E-state index contributed by atoms with van der Waals surface area (Å²) in [5.41, 5.74) is 1.99. The Kier molecular flexibility index (Phi) is 3.80. The molecule has 0 saturated carbocycles. The molecule has 0 radical (unpaired) electrons. The van der Waals surface area contributed by atoms with E-state index in [-0.39, 0.29) is 5.91 Å². The van der Waals surface area contributed by atoms with Gasteiger partial charge in [0.15, 0.2) is 5.82 Å². The van der Waals surface area contributed by atoms with E-state index in [1.807, 2.05) is 19.1 Å². The van der Waals surface area contributed by atoms with Crippen LogP contribution in [0.15, 0.2) is 42.6 Å². The maximum absolute atomic E-state index is 12.2. The third kappa shape index (κ3) is 2.94. The Hall–Kier alpha value is -2.80. The number of carbonyl (C=O) groups excluding carboxylic acids is 1. The van der Waals surface area contributed by atoms with Gasteiger partial charge in [-0.25, -0.2) is 4.98 Å². The number of benzene rings is 1. The van der Waals surface area contributed by atoms with Crippen molar-refractivity contribution >= 4 is 23.8 Å². The average Bonchev–Trinajstić information content (AvgIpc) is 2.95. The highest BCUT2D eigenvalue weighted by molar-refractivity contribution is 7.71. The standard InChI is InChI=1S/C15H13N5OS/c1-9-17-13(20-19-9)10-4-6-11(7-5-10)18-14(21)12-3-2-8-16-15(12)22/h2-8H,1H3,(H,16,22)(H,18,21)(H,17,19,20). The van der Waals surface area contributed by atoms with Gasteiger partial charge in [0, 0.05) is 17.4 Å². The molecule has 6 nitrogen and oxygen atoms in total. The van der Waals surface area contributed by atoms with Gasteiger partial charge in [0.05, 0.1) is 5.56 Å². The Balaban J connectivity index is 1.78. The maximum Gasteiger partial charge on any atom is 0.258 e. The van der Waals surface area contributed by atoms with E-state index in [0.717, 1.165) is 11.4 Å². The van der Waals surface area contributed by atoms with Gasteiger partial charge in [-0.1, -0.05) is 12.2 Å². The first kappa shape index (κ1) is 14.2. The molecule has 110 valence electrons. The van der Waals surface area contributed by atoms with Crippen LogP contribution in [-0.4, -0.2) is 26.1 Å². The van der Waals surface area contributed by atoms with Gasteiger partial charge in [-0.2, -0.15) is 5.10 Å². The van der Waals surface area contributed by atoms with Gasteiger partial charge < -0.3 is 10.3 Å². The Bertz CT molecular complexity index is 866. The van der Waals surface area contributed by atoms with Crippen LogP contribution in [0.1, 0.15) is 16.2 Å². The first-order valence-electron chi connectivity index (χ1n) is 6.62. The Labute approximate surface area is 131 Å². The van der Waals surface area contributed by atoms with Gasteiger partial charge in [0.2, 0.25) is 0 Å². The molecule has 0 aliphatic heterocycles. The van der Waals surface area contributed by atoms with Crippen LogP contribution in [-0.2, 0) is 0 Å². The number of nitrogens with one attached hydrogen (secondary N) is 3. The average molecular weight is 311 g/mol. The minimum absolute atomic E-state index is 0.247. The van der Waals surface area contributed by atoms with E-state index in [2.05, 4.69) is 25.5 Å². The van der Waals surface area contributed by atoms with Gasteiger partial charge in [-0.3, -0.25) is 9.89 Å². The zero-order chi connectivity index (χ0) is 15.5. The number of hydrogen-bond donors (Lipinski definition) is 3. The van der Waals surface area contributed by atoms with Crippen LogP contribution in [0.3, 0.4) is 0 Å². The number of H-pyrrole nitrogens is 2. The molecule has 3 N–H and O–H groups in total. The molecule has 2 heterocycles. The number of aryl methyl sites for hydroxylation is 1. The second-order valence-electron chi connectivity index (χ2n) is 4.69. The molecule has 0 atom stereocenters. The van der Waals surface area contributed by atoms with E-state index < -0.39 is 0 Å². The Morgan fingerprint density at radius 3 is 2.64 bits per heavy atom. The number of aromatic amines is 2. The number of anilines is 1. The zero-order valence-corrected chi connectivity index (χ0v) is 12.6. The fourth-order valence-corrected chi connectivity index (χ4v) is 2.20. The molecule has 0 saturated heterocycles. The van der Waals surface area contributed by atoms with Crippen LogP contribution in [0.25, 0.3) is 11.4 Å². The summed E-state index contributed by atoms with van der Waals surface area (Å²) in [5.74, 6) is 1.13. The third-order valence-corrected chi connectivity index (χ3v) is 3.40. The molecule has 0 aliphatic carbocycles. The highest BCUT2D eigenvalue weighted by atomic mass is 32.1. The predicted molar refractivity (Wildman–Crippen MR) is 86.1 cm³/mol. The zero-order valence-electron chi connectivity index (χ0n) is 11.8. The molecule has 0 aliphatic rings. The molecule has 7 heteroatoms. The number of amides is 1. The van der Waals surface area contributed by atoms with E-state index in [1.54, 1.807) is 30.5 Å². The van der Waals surface area contributed by atoms with Gasteiger partial charge in [0.25, 0.3) is 5.91 Å². The molecular formula is C15H13N5OS. The van der Waals surface area contributed by atoms with Crippen molar-refractivity contribution in [1.82, 2.24) is 20.2 Å². The van der Waals surface area contributed by atoms with Crippen LogP contribution in [0, 0.1) is 11.6 Å². The summed E-state index contributed by atoms with van der Waals surface area (Å²) in [5, 5.41) is 9.70. The molecule has 0 spiro atoms. The van der Waals surface area contributed by atoms with Crippen LogP contribution in [0.2, 0.25) is 0 Å². The molecule has 0 fully saturated rings. The third-order valence-electron chi connectivity index (χ3n) is 3.06. The lowest BCUT2D eigenvalue weighted by Crippen LogP contribution is -2.12. The number of hydrogen-bond acceptors (Lipinski definition) is 4. The quantitative estimate of drug-likeness (QED) is 0.649. The Morgan fingerprint density at radius 1 is 1.23 bits per heavy atom. The molecule has 0 bridgehead atoms. The normalized spacial score (nSPS) is 10.4. The van der Waals surface area contributed by atoms with Crippen LogP contribution in [0.4, 0.5) is 5.69 Å². The topological polar surface area (TPSA) is 86.5 Å². The summed E-state index contributed by atoms with van der Waals surface area (Å²) in [7, 11) is 0. The highest BCUT2D eigenvalue weighted by Gasteiger charge is 2.08. The summed E-state index contributed by atoms with van der Waals surface area (Å²) in [6.45, 7) is 1.84. The van der Waals surface area contributed by atoms with E-state index in [4.69, 9.17) is 12.2 Å². The van der Waals surface area contributed by atoms with Gasteiger partial charge in [0.1, 0.15) is 10.5 Å². The lowest BCUT2D eigenvalue weighted by atomic mass is 10.2. The van der Waals surface area contributed by atoms with Gasteiger partial charge in [-0.15, -0.1) is 0 Å². The number of nitrogens with zero attached hydrogens (tertiary/aromatic N) is 2. The fraction of sp³-hybridized carbons (Fsp3) is 0.0667. The lowest BCUT2D eigenvalue weighted by molar-refractivity contribution is 0.102. The van der Waals surface area contributed by atoms with Crippen LogP contribution < -0.4 is 5.32 Å². The van der Waals surface area contributed by atoms with Crippen LogP contribution in [0.5, 0.6) is 0 Å². The van der Waals surface area contributed by atoms with Crippen molar-refractivity contribution in [3.05, 3.63) is 58.6 Å². The second-order valence-corrected chi connectivity index (χ2v) is 5.10. The van der Waals surface area contributed by atoms with E-state index in [0.29, 0.717) is 21.7 Å². The van der Waals surface area contributed by atoms with Crippen molar-refractivity contribution in [3.63, 3.8) is 0 Å². The molecule has 2 aromatic heterocycles. The summed E-state index contributed by atoms with van der Waals surface area (Å²) in [6, 6.07) is 10.7. The molecule has 1 aromatic carbocycles. The van der Waals surface area contributed by atoms with Crippen molar-refractivity contribution in [2.75, 3.05) is 5.32 Å². The van der Waals surface area contributed by atoms with Crippen molar-refractivity contribution in [1.29, 1.82) is 0 Å². The SMILES string of the molecule is Cc1nc(-c2ccc(NC(=O)c3ccc[nH]c3=S)cc2)n[nH]1. The van der Waals surface area contributed by atoms with Gasteiger partial charge >= 0.3 is 0 Å². The fourth-order valence-electron chi connectivity index (χ4n) is 1.97. The first-order chi connectivity index (χ1) is 10.6. The van der Waals surface area contributed by atoms with Crippen molar-refractivity contribution in [2.45, 2.75) is 6.92 Å². The highest BCUT2D eigenvalue weighted by Crippen LogP contribution is 2.18. The summed E-state index contributed by atoms with van der Waals surface area (Å²) < 4.78 is 0.410. The molecule has 3 rings (SSSR count). The first-order valence-corrected chi connectivity index (χ1v) is 7.03. The monoisotopic (exact) mass is 311 g/mol. The minimum atomic E-state index is -0.247. The number of rotatable bonds is 3. The number of carbonyl (C=O) groups is 1. The second kappa shape index (κ2) is 5.90. The van der Waals surface area contributed by atoms with Crippen molar-refractivity contribution < 1.29 is 4.79 Å². The minimum Gasteiger partial charge on any atom is -0.352 e. The lowest BCUT2D eigenvalue weighted by Gasteiger charge is -2.05. The number of aromatic nitrogens is 4. The summed E-state index contributed by atoms with van der Waals surface area (Å²) in [4.78, 5) is 19.3. The number of pyridine rings is 1. The molecule has 1 amide bonds. The summed E-state index contributed by atoms with van der Waals surface area (Å²) >= 11 is 5.10. The van der Waals surface area contributed by atoms with Gasteiger partial charge in [-0.05, 0) is 43.3 Å². The molecule has 22 heavy (non-hydrogen) atoms. The largest absolute Gasteiger partial charge is 0.352 e. The van der Waals surface area contributed by atoms with E-state index in [1.165, 1.54) is 0 Å². The van der Waals surface area contributed by atoms with E-state index in [9.17, 15) is 4.79 Å². The predicted octanol–water partition coefficient (Wildman–Crippen LogP) is 3.09.